The van der Waals surface area contributed by atoms with E-state index in [2.05, 4.69) is 17.1 Å². The van der Waals surface area contributed by atoms with Crippen molar-refractivity contribution in [2.75, 3.05) is 27.4 Å². The summed E-state index contributed by atoms with van der Waals surface area (Å²) in [7, 11) is 3.24. The molecule has 0 saturated heterocycles. The summed E-state index contributed by atoms with van der Waals surface area (Å²) < 4.78 is 16.9. The molecule has 2 heterocycles. The van der Waals surface area contributed by atoms with Crippen LogP contribution in [0.3, 0.4) is 0 Å². The quantitative estimate of drug-likeness (QED) is 0.205. The fourth-order valence-corrected chi connectivity index (χ4v) is 5.19. The van der Waals surface area contributed by atoms with Crippen molar-refractivity contribution in [3.8, 4) is 34.3 Å². The van der Waals surface area contributed by atoms with E-state index in [0.717, 1.165) is 29.7 Å². The van der Waals surface area contributed by atoms with E-state index < -0.39 is 6.04 Å². The van der Waals surface area contributed by atoms with Crippen molar-refractivity contribution in [3.05, 3.63) is 88.1 Å². The third-order valence-electron chi connectivity index (χ3n) is 7.14. The zero-order chi connectivity index (χ0) is 28.2. The lowest BCUT2D eigenvalue weighted by Gasteiger charge is -2.27. The van der Waals surface area contributed by atoms with Gasteiger partial charge in [-0.15, -0.1) is 0 Å². The average molecular weight is 562 g/mol. The number of fused-ring (bicyclic) bond motifs is 1. The van der Waals surface area contributed by atoms with Crippen LogP contribution in [-0.2, 0) is 6.42 Å². The van der Waals surface area contributed by atoms with Gasteiger partial charge >= 0.3 is 0 Å². The number of aromatic amines is 1. The first kappa shape index (κ1) is 27.4. The smallest absolute Gasteiger partial charge is 0.273 e. The van der Waals surface area contributed by atoms with E-state index in [-0.39, 0.29) is 11.7 Å². The zero-order valence-electron chi connectivity index (χ0n) is 22.7. The summed E-state index contributed by atoms with van der Waals surface area (Å²) in [5, 5.41) is 18.5. The number of hydrogen-bond acceptors (Lipinski definition) is 6. The number of phenolic OH excluding ortho intramolecular Hbond substituents is 1. The number of aromatic nitrogens is 2. The maximum absolute atomic E-state index is 13.8. The lowest BCUT2D eigenvalue weighted by Crippen LogP contribution is -2.31. The van der Waals surface area contributed by atoms with Gasteiger partial charge in [-0.1, -0.05) is 43.1 Å². The number of rotatable bonds is 11. The molecule has 0 saturated carbocycles. The minimum absolute atomic E-state index is 0.0267. The molecule has 0 spiro atoms. The molecule has 208 valence electrons. The minimum Gasteiger partial charge on any atom is -0.507 e. The highest BCUT2D eigenvalue weighted by Gasteiger charge is 2.42. The first-order chi connectivity index (χ1) is 19.4. The van der Waals surface area contributed by atoms with E-state index in [4.69, 9.17) is 25.8 Å². The Bertz CT molecular complexity index is 1500. The third-order valence-corrected chi connectivity index (χ3v) is 7.37. The molecule has 9 heteroatoms. The van der Waals surface area contributed by atoms with Crippen LogP contribution in [0.1, 0.15) is 53.0 Å². The molecule has 40 heavy (non-hydrogen) atoms. The van der Waals surface area contributed by atoms with Crippen LogP contribution < -0.4 is 14.2 Å². The molecule has 5 rings (SSSR count). The van der Waals surface area contributed by atoms with Gasteiger partial charge in [-0.3, -0.25) is 9.89 Å². The van der Waals surface area contributed by atoms with Crippen molar-refractivity contribution < 1.29 is 24.1 Å². The molecule has 3 aromatic carbocycles. The summed E-state index contributed by atoms with van der Waals surface area (Å²) in [5.41, 5.74) is 3.90. The minimum atomic E-state index is -0.480. The van der Waals surface area contributed by atoms with E-state index in [1.165, 1.54) is 6.07 Å². The van der Waals surface area contributed by atoms with Crippen LogP contribution >= 0.6 is 11.6 Å². The van der Waals surface area contributed by atoms with Gasteiger partial charge in [-0.25, -0.2) is 0 Å². The Balaban J connectivity index is 1.56. The number of ether oxygens (including phenoxy) is 3. The van der Waals surface area contributed by atoms with E-state index in [1.54, 1.807) is 26.4 Å². The molecule has 4 aromatic rings. The normalized spacial score (nSPS) is 14.3. The molecule has 1 aromatic heterocycles. The van der Waals surface area contributed by atoms with Gasteiger partial charge in [-0.2, -0.15) is 5.10 Å². The average Bonchev–Trinajstić information content (AvgIpc) is 3.52. The Morgan fingerprint density at radius 1 is 1.02 bits per heavy atom. The maximum Gasteiger partial charge on any atom is 0.273 e. The van der Waals surface area contributed by atoms with Crippen molar-refractivity contribution in [2.45, 2.75) is 32.2 Å². The summed E-state index contributed by atoms with van der Waals surface area (Å²) in [6.45, 7) is 3.15. The Morgan fingerprint density at radius 2 is 1.82 bits per heavy atom. The van der Waals surface area contributed by atoms with Gasteiger partial charge in [-0.05, 0) is 66.4 Å². The summed E-state index contributed by atoms with van der Waals surface area (Å²) in [5.74, 6) is 1.86. The third kappa shape index (κ3) is 5.31. The highest BCUT2D eigenvalue weighted by Crippen LogP contribution is 2.46. The lowest BCUT2D eigenvalue weighted by molar-refractivity contribution is 0.0745. The van der Waals surface area contributed by atoms with E-state index in [9.17, 15) is 9.90 Å². The van der Waals surface area contributed by atoms with Crippen LogP contribution in [0.2, 0.25) is 5.02 Å². The molecule has 1 aliphatic rings. The molecule has 1 amide bonds. The van der Waals surface area contributed by atoms with Crippen molar-refractivity contribution in [3.63, 3.8) is 0 Å². The molecular formula is C31H32ClN3O5. The lowest BCUT2D eigenvalue weighted by atomic mass is 9.95. The van der Waals surface area contributed by atoms with Crippen LogP contribution in [0.15, 0.2) is 60.7 Å². The largest absolute Gasteiger partial charge is 0.507 e. The number of unbranched alkanes of at least 4 members (excludes halogenated alkanes) is 1. The molecule has 1 atom stereocenters. The van der Waals surface area contributed by atoms with Crippen molar-refractivity contribution in [1.29, 1.82) is 0 Å². The SMILES string of the molecule is CCCCOc1ccc(C2c3c(-c4cc(Cl)ccc4O)n[nH]c3C(=O)N2CCc2ccc(OC)cc2)cc1OC. The number of halogens is 1. The van der Waals surface area contributed by atoms with Crippen LogP contribution in [0.25, 0.3) is 11.3 Å². The standard InChI is InChI=1S/C31H32ClN3O5/c1-4-5-16-40-25-13-8-20(17-26(25)39-3)30-27-28(23-18-21(32)9-12-24(23)36)33-34-29(27)31(37)35(30)15-14-19-6-10-22(38-2)11-7-19/h6-13,17-18,30,36H,4-5,14-16H2,1-3H3,(H,33,34). The predicted octanol–water partition coefficient (Wildman–Crippen LogP) is 6.42. The van der Waals surface area contributed by atoms with Gasteiger partial charge in [0.1, 0.15) is 22.9 Å². The number of carbonyl (C=O) groups excluding carboxylic acids is 1. The predicted molar refractivity (Wildman–Crippen MR) is 154 cm³/mol. The number of nitrogens with zero attached hydrogens (tertiary/aromatic N) is 2. The Hall–Kier alpha value is -4.17. The molecule has 0 aliphatic carbocycles. The number of nitrogens with one attached hydrogen (secondary N) is 1. The van der Waals surface area contributed by atoms with Gasteiger partial charge in [0.25, 0.3) is 5.91 Å². The summed E-state index contributed by atoms with van der Waals surface area (Å²) >= 11 is 6.28. The molecule has 2 N–H and O–H groups in total. The topological polar surface area (TPSA) is 96.9 Å². The maximum atomic E-state index is 13.8. The van der Waals surface area contributed by atoms with Crippen molar-refractivity contribution in [2.24, 2.45) is 0 Å². The number of benzene rings is 3. The van der Waals surface area contributed by atoms with Gasteiger partial charge in [0.2, 0.25) is 0 Å². The summed E-state index contributed by atoms with van der Waals surface area (Å²) in [6.07, 6.45) is 2.60. The molecular weight excluding hydrogens is 530 g/mol. The number of amides is 1. The number of aromatic hydroxyl groups is 1. The van der Waals surface area contributed by atoms with Crippen molar-refractivity contribution >= 4 is 17.5 Å². The Morgan fingerprint density at radius 3 is 2.55 bits per heavy atom. The fraction of sp³-hybridized carbons (Fsp3) is 0.290. The number of H-pyrrole nitrogens is 1. The van der Waals surface area contributed by atoms with Crippen LogP contribution in [0, 0.1) is 0 Å². The number of carbonyl (C=O) groups is 1. The van der Waals surface area contributed by atoms with Crippen LogP contribution in [-0.4, -0.2) is 53.5 Å². The van der Waals surface area contributed by atoms with Crippen LogP contribution in [0.5, 0.6) is 23.0 Å². The van der Waals surface area contributed by atoms with Gasteiger partial charge in [0.05, 0.1) is 26.9 Å². The Kier molecular flexibility index (Phi) is 8.16. The van der Waals surface area contributed by atoms with Gasteiger partial charge in [0, 0.05) is 22.7 Å². The number of methoxy groups -OCH3 is 2. The second-order valence-corrected chi connectivity index (χ2v) is 10.1. The van der Waals surface area contributed by atoms with E-state index in [1.807, 2.05) is 47.4 Å². The molecule has 1 aliphatic heterocycles. The Labute approximate surface area is 238 Å². The fourth-order valence-electron chi connectivity index (χ4n) is 5.02. The zero-order valence-corrected chi connectivity index (χ0v) is 23.5. The monoisotopic (exact) mass is 561 g/mol. The molecule has 8 nitrogen and oxygen atoms in total. The van der Waals surface area contributed by atoms with E-state index >= 15 is 0 Å². The van der Waals surface area contributed by atoms with E-state index in [0.29, 0.717) is 58.6 Å². The highest BCUT2D eigenvalue weighted by atomic mass is 35.5. The van der Waals surface area contributed by atoms with Crippen molar-refractivity contribution in [1.82, 2.24) is 15.1 Å². The molecule has 0 radical (unpaired) electrons. The van der Waals surface area contributed by atoms with Gasteiger partial charge in [0.15, 0.2) is 11.5 Å². The van der Waals surface area contributed by atoms with Gasteiger partial charge < -0.3 is 24.2 Å². The highest BCUT2D eigenvalue weighted by molar-refractivity contribution is 6.31. The summed E-state index contributed by atoms with van der Waals surface area (Å²) in [6, 6.07) is 17.9. The summed E-state index contributed by atoms with van der Waals surface area (Å²) in [4.78, 5) is 15.6. The van der Waals surface area contributed by atoms with Crippen LogP contribution in [0.4, 0.5) is 0 Å². The second-order valence-electron chi connectivity index (χ2n) is 9.63. The molecule has 0 bridgehead atoms. The number of phenols is 1. The second kappa shape index (κ2) is 11.9. The molecule has 0 fully saturated rings. The molecule has 1 unspecified atom stereocenters. The first-order valence-electron chi connectivity index (χ1n) is 13.3. The number of hydrogen-bond donors (Lipinski definition) is 2. The first-order valence-corrected chi connectivity index (χ1v) is 13.6.